The van der Waals surface area contributed by atoms with Gasteiger partial charge in [-0.1, -0.05) is 0 Å². The Hall–Kier alpha value is -4.67. The van der Waals surface area contributed by atoms with Gasteiger partial charge < -0.3 is 60.8 Å². The number of rotatable bonds is 6. The van der Waals surface area contributed by atoms with E-state index in [1.54, 1.807) is 9.80 Å². The number of fused-ring (bicyclic) bond motifs is 2. The van der Waals surface area contributed by atoms with Crippen molar-refractivity contribution < 1.29 is 58.4 Å². The molecule has 4 atom stereocenters. The molecule has 0 bridgehead atoms. The van der Waals surface area contributed by atoms with Crippen molar-refractivity contribution in [3.8, 4) is 0 Å². The van der Waals surface area contributed by atoms with Gasteiger partial charge in [0, 0.05) is 74.8 Å². The minimum atomic E-state index is -1.70. The molecule has 4 fully saturated rings. The van der Waals surface area contributed by atoms with Gasteiger partial charge in [0.25, 0.3) is 0 Å². The smallest absolute Gasteiger partial charge is 0.545 e. The summed E-state index contributed by atoms with van der Waals surface area (Å²) in [5.41, 5.74) is 6.54. The van der Waals surface area contributed by atoms with Crippen LogP contribution in [-0.4, -0.2) is 71.4 Å². The van der Waals surface area contributed by atoms with Crippen molar-refractivity contribution in [1.29, 1.82) is 0 Å². The molecule has 2 aromatic carbocycles. The predicted molar refractivity (Wildman–Crippen MR) is 199 cm³/mol. The van der Waals surface area contributed by atoms with Gasteiger partial charge in [-0.3, -0.25) is 9.59 Å². The second-order valence-electron chi connectivity index (χ2n) is 15.6. The van der Waals surface area contributed by atoms with Crippen LogP contribution >= 0.6 is 0 Å². The topological polar surface area (TPSA) is 207 Å². The molecule has 2 aromatic heterocycles. The maximum Gasteiger partial charge on any atom is 2.00 e. The largest absolute Gasteiger partial charge is 2.00 e. The van der Waals surface area contributed by atoms with Gasteiger partial charge in [0.2, 0.25) is 10.9 Å². The number of aromatic carboxylic acids is 2. The van der Waals surface area contributed by atoms with E-state index in [0.717, 1.165) is 12.4 Å². The van der Waals surface area contributed by atoms with Gasteiger partial charge >= 0.3 is 21.1 Å². The van der Waals surface area contributed by atoms with Gasteiger partial charge in [0.15, 0.2) is 23.3 Å². The van der Waals surface area contributed by atoms with Crippen LogP contribution in [0.4, 0.5) is 40.3 Å². The molecule has 0 amide bonds. The number of anilines is 4. The molecule has 0 spiro atoms. The standard InChI is InChI=1S/2C19H22F2N4O3.Pt/c2*1-8-5-24(6-9(2)23-8)17-13(20)15(22)12-16(14(17)21)25(10-3-4-10)7-11(18(12)26)19(27)28;/h2*7-10,23H,3-6,22H2,1-2H3,(H,27,28);/q;;+2/p-2/t2*8-,9+;. The number of hydrogen-bond donors (Lipinski definition) is 4. The van der Waals surface area contributed by atoms with Crippen molar-refractivity contribution in [3.63, 3.8) is 0 Å². The van der Waals surface area contributed by atoms with E-state index in [-0.39, 0.29) is 79.7 Å². The zero-order chi connectivity index (χ0) is 40.7. The number of halogens is 4. The number of piperazine rings is 2. The normalized spacial score (nSPS) is 22.2. The third-order valence-electron chi connectivity index (χ3n) is 10.8. The van der Waals surface area contributed by atoms with Crippen molar-refractivity contribution in [2.75, 3.05) is 47.4 Å². The first-order valence-electron chi connectivity index (χ1n) is 18.6. The fraction of sp³-hybridized carbons (Fsp3) is 0.474. The van der Waals surface area contributed by atoms with E-state index >= 15 is 17.6 Å². The Balaban J connectivity index is 0.000000189. The Morgan fingerprint density at radius 1 is 0.614 bits per heavy atom. The summed E-state index contributed by atoms with van der Waals surface area (Å²) in [5, 5.41) is 28.4. The van der Waals surface area contributed by atoms with Gasteiger partial charge in [-0.15, -0.1) is 0 Å². The summed E-state index contributed by atoms with van der Waals surface area (Å²) in [7, 11) is 0. The van der Waals surface area contributed by atoms with E-state index in [9.17, 15) is 29.4 Å². The SMILES string of the molecule is C[C@@H]1CN(c2c(F)c(N)c3c(=O)c(C(=O)[O-])cn(C4CC4)c3c2F)C[C@H](C)N1.C[C@@H]1CN(c2c(F)c(N)c3c(=O)c(C(=O)[O-])cn(C4CC4)c3c2F)C[C@H](C)N1.[Pt+2]. The number of carbonyl (C=O) groups is 2. The van der Waals surface area contributed by atoms with Crippen LogP contribution in [0.3, 0.4) is 0 Å². The number of benzene rings is 2. The van der Waals surface area contributed by atoms with Crippen molar-refractivity contribution >= 4 is 56.5 Å². The first-order valence-corrected chi connectivity index (χ1v) is 18.6. The molecule has 0 radical (unpaired) electrons. The number of pyridine rings is 2. The zero-order valence-electron chi connectivity index (χ0n) is 31.5. The molecule has 4 aliphatic rings. The van der Waals surface area contributed by atoms with Crippen molar-refractivity contribution in [1.82, 2.24) is 19.8 Å². The Labute approximate surface area is 338 Å². The second-order valence-corrected chi connectivity index (χ2v) is 15.6. The average Bonchev–Trinajstić information content (AvgIpc) is 4.04. The number of carbonyl (C=O) groups excluding carboxylic acids is 2. The number of carboxylic acid groups (broad SMARTS) is 2. The van der Waals surface area contributed by atoms with E-state index in [0.29, 0.717) is 51.9 Å². The van der Waals surface area contributed by atoms with Crippen molar-refractivity contribution in [2.45, 2.75) is 89.6 Å². The van der Waals surface area contributed by atoms with Gasteiger partial charge in [-0.05, 0) is 53.4 Å². The Morgan fingerprint density at radius 3 is 1.18 bits per heavy atom. The fourth-order valence-electron chi connectivity index (χ4n) is 8.25. The number of hydrogen-bond acceptors (Lipinski definition) is 12. The molecule has 8 rings (SSSR count). The molecule has 6 N–H and O–H groups in total. The van der Waals surface area contributed by atoms with Gasteiger partial charge in [0.1, 0.15) is 11.4 Å². The summed E-state index contributed by atoms with van der Waals surface area (Å²) in [6, 6.07) is -0.296. The van der Waals surface area contributed by atoms with Crippen LogP contribution in [0.5, 0.6) is 0 Å². The number of nitrogen functional groups attached to an aromatic ring is 2. The van der Waals surface area contributed by atoms with E-state index in [1.807, 2.05) is 27.7 Å². The molecule has 57 heavy (non-hydrogen) atoms. The quantitative estimate of drug-likeness (QED) is 0.160. The Morgan fingerprint density at radius 2 is 0.912 bits per heavy atom. The Kier molecular flexibility index (Phi) is 11.5. The van der Waals surface area contributed by atoms with Crippen LogP contribution in [-0.2, 0) is 21.1 Å². The molecular formula is C38H42F4N8O6Pt. The molecule has 308 valence electrons. The molecule has 0 unspecified atom stereocenters. The second kappa shape index (κ2) is 15.6. The van der Waals surface area contributed by atoms with Crippen molar-refractivity contribution in [2.24, 2.45) is 0 Å². The third-order valence-corrected chi connectivity index (χ3v) is 10.8. The summed E-state index contributed by atoms with van der Waals surface area (Å²) in [4.78, 5) is 51.1. The third kappa shape index (κ3) is 7.47. The van der Waals surface area contributed by atoms with Crippen LogP contribution in [0.2, 0.25) is 0 Å². The average molecular weight is 978 g/mol. The van der Waals surface area contributed by atoms with Crippen LogP contribution in [0.1, 0.15) is 86.2 Å². The molecule has 4 heterocycles. The summed E-state index contributed by atoms with van der Waals surface area (Å²) in [6.45, 7) is 9.12. The summed E-state index contributed by atoms with van der Waals surface area (Å²) >= 11 is 0. The van der Waals surface area contributed by atoms with Crippen LogP contribution in [0, 0.1) is 23.3 Å². The minimum absolute atomic E-state index is 0. The molecule has 2 aliphatic carbocycles. The van der Waals surface area contributed by atoms with Crippen molar-refractivity contribution in [3.05, 3.63) is 67.2 Å². The van der Waals surface area contributed by atoms with Crippen LogP contribution in [0.25, 0.3) is 21.8 Å². The minimum Gasteiger partial charge on any atom is -0.545 e. The van der Waals surface area contributed by atoms with E-state index in [2.05, 4.69) is 10.6 Å². The molecule has 19 heteroatoms. The summed E-state index contributed by atoms with van der Waals surface area (Å²) in [6.07, 6.45) is 5.00. The molecule has 4 aromatic rings. The van der Waals surface area contributed by atoms with Gasteiger partial charge in [-0.25, -0.2) is 17.6 Å². The molecule has 2 saturated heterocycles. The van der Waals surface area contributed by atoms with Crippen LogP contribution < -0.4 is 53.0 Å². The number of nitrogens with zero attached hydrogens (tertiary/aromatic N) is 4. The molecule has 2 saturated carbocycles. The molecular weight excluding hydrogens is 936 g/mol. The Bertz CT molecular complexity index is 2250. The molecule has 2 aliphatic heterocycles. The van der Waals surface area contributed by atoms with E-state index in [4.69, 9.17) is 11.5 Å². The van der Waals surface area contributed by atoms with Gasteiger partial charge in [-0.2, -0.15) is 0 Å². The first kappa shape index (κ1) is 41.9. The van der Waals surface area contributed by atoms with Gasteiger partial charge in [0.05, 0.1) is 56.2 Å². The first-order chi connectivity index (χ1) is 26.4. The predicted octanol–water partition coefficient (Wildman–Crippen LogP) is 1.49. The maximum atomic E-state index is 15.6. The number of nitrogens with one attached hydrogen (secondary N) is 2. The van der Waals surface area contributed by atoms with Crippen LogP contribution in [0.15, 0.2) is 22.0 Å². The van der Waals surface area contributed by atoms with E-state index in [1.165, 1.54) is 9.13 Å². The number of carboxylic acids is 2. The maximum absolute atomic E-state index is 15.6. The summed E-state index contributed by atoms with van der Waals surface area (Å²) in [5.74, 6) is -7.26. The number of nitrogens with two attached hydrogens (primary N) is 2. The monoisotopic (exact) mass is 977 g/mol. The fourth-order valence-corrected chi connectivity index (χ4v) is 8.25. The molecule has 14 nitrogen and oxygen atoms in total. The van der Waals surface area contributed by atoms with E-state index < -0.39 is 79.3 Å². The number of aromatic nitrogens is 2. The zero-order valence-corrected chi connectivity index (χ0v) is 33.8. The summed E-state index contributed by atoms with van der Waals surface area (Å²) < 4.78 is 64.4.